The average Bonchev–Trinajstić information content (AvgIpc) is 2.79. The standard InChI is InChI=1S/C19H26O/c1-12-10-14(20)11-13-5-6-15-16(18(12)13)7-9-19(2)8-3-4-17(15)19/h10-11,15-17,20H,3-9H2,1-2H3/t15-,16+,17+,19+/m1/s1. The van der Waals surface area contributed by atoms with Crippen molar-refractivity contribution in [1.29, 1.82) is 0 Å². The fourth-order valence-electron chi connectivity index (χ4n) is 5.95. The summed E-state index contributed by atoms with van der Waals surface area (Å²) < 4.78 is 0. The molecule has 0 aromatic heterocycles. The molecule has 1 nitrogen and oxygen atoms in total. The van der Waals surface area contributed by atoms with Gasteiger partial charge >= 0.3 is 0 Å². The Morgan fingerprint density at radius 1 is 1.15 bits per heavy atom. The van der Waals surface area contributed by atoms with E-state index >= 15 is 0 Å². The molecule has 0 saturated heterocycles. The predicted octanol–water partition coefficient (Wildman–Crippen LogP) is 4.95. The predicted molar refractivity (Wildman–Crippen MR) is 82.1 cm³/mol. The Morgan fingerprint density at radius 3 is 2.85 bits per heavy atom. The van der Waals surface area contributed by atoms with Gasteiger partial charge in [0.2, 0.25) is 0 Å². The molecule has 1 heteroatoms. The molecule has 2 fully saturated rings. The molecule has 3 aliphatic rings. The van der Waals surface area contributed by atoms with Crippen LogP contribution in [0.5, 0.6) is 5.75 Å². The zero-order chi connectivity index (χ0) is 13.9. The van der Waals surface area contributed by atoms with E-state index in [1.54, 1.807) is 5.56 Å². The van der Waals surface area contributed by atoms with E-state index in [0.29, 0.717) is 11.2 Å². The van der Waals surface area contributed by atoms with E-state index in [-0.39, 0.29) is 0 Å². The average molecular weight is 270 g/mol. The molecule has 3 aliphatic carbocycles. The number of benzene rings is 1. The number of aromatic hydroxyl groups is 1. The Morgan fingerprint density at radius 2 is 2.00 bits per heavy atom. The fraction of sp³-hybridized carbons (Fsp3) is 0.684. The van der Waals surface area contributed by atoms with Crippen LogP contribution >= 0.6 is 0 Å². The van der Waals surface area contributed by atoms with Crippen LogP contribution in [0.4, 0.5) is 0 Å². The summed E-state index contributed by atoms with van der Waals surface area (Å²) in [6.45, 7) is 4.75. The molecule has 0 heterocycles. The molecule has 0 bridgehead atoms. The maximum atomic E-state index is 9.86. The zero-order valence-corrected chi connectivity index (χ0v) is 12.8. The lowest BCUT2D eigenvalue weighted by atomic mass is 9.55. The lowest BCUT2D eigenvalue weighted by Gasteiger charge is -2.49. The number of phenols is 1. The molecule has 0 spiro atoms. The van der Waals surface area contributed by atoms with Crippen molar-refractivity contribution in [2.24, 2.45) is 17.3 Å². The molecule has 1 aromatic carbocycles. The zero-order valence-electron chi connectivity index (χ0n) is 12.8. The second-order valence-electron chi connectivity index (χ2n) is 7.84. The summed E-state index contributed by atoms with van der Waals surface area (Å²) >= 11 is 0. The molecule has 2 saturated carbocycles. The summed E-state index contributed by atoms with van der Waals surface area (Å²) in [7, 11) is 0. The van der Waals surface area contributed by atoms with E-state index in [2.05, 4.69) is 13.8 Å². The topological polar surface area (TPSA) is 20.2 Å². The van der Waals surface area contributed by atoms with Gasteiger partial charge in [-0.3, -0.25) is 0 Å². The minimum absolute atomic E-state index is 0.459. The van der Waals surface area contributed by atoms with Crippen molar-refractivity contribution < 1.29 is 5.11 Å². The van der Waals surface area contributed by atoms with Crippen LogP contribution in [0.15, 0.2) is 12.1 Å². The van der Waals surface area contributed by atoms with E-state index in [0.717, 1.165) is 17.8 Å². The van der Waals surface area contributed by atoms with E-state index < -0.39 is 0 Å². The Labute approximate surface area is 122 Å². The minimum atomic E-state index is 0.459. The number of hydrogen-bond donors (Lipinski definition) is 1. The molecular formula is C19H26O. The first-order chi connectivity index (χ1) is 9.58. The van der Waals surface area contributed by atoms with Crippen LogP contribution in [0.25, 0.3) is 0 Å². The van der Waals surface area contributed by atoms with Gasteiger partial charge in [-0.2, -0.15) is 0 Å². The van der Waals surface area contributed by atoms with Crippen molar-refractivity contribution in [3.05, 3.63) is 28.8 Å². The van der Waals surface area contributed by atoms with Gasteiger partial charge in [0, 0.05) is 0 Å². The smallest absolute Gasteiger partial charge is 0.116 e. The van der Waals surface area contributed by atoms with Gasteiger partial charge in [-0.05, 0) is 97.4 Å². The normalized spacial score (nSPS) is 39.0. The van der Waals surface area contributed by atoms with Crippen molar-refractivity contribution in [3.8, 4) is 5.75 Å². The van der Waals surface area contributed by atoms with Crippen molar-refractivity contribution in [1.82, 2.24) is 0 Å². The van der Waals surface area contributed by atoms with Crippen molar-refractivity contribution in [3.63, 3.8) is 0 Å². The van der Waals surface area contributed by atoms with Crippen LogP contribution in [0.1, 0.15) is 68.1 Å². The van der Waals surface area contributed by atoms with Crippen LogP contribution in [0.2, 0.25) is 0 Å². The molecule has 1 aromatic rings. The molecule has 0 aliphatic heterocycles. The number of phenolic OH excluding ortho intramolecular Hbond substituents is 1. The van der Waals surface area contributed by atoms with Gasteiger partial charge in [-0.1, -0.05) is 13.3 Å². The van der Waals surface area contributed by atoms with E-state index in [1.165, 1.54) is 56.1 Å². The fourth-order valence-corrected chi connectivity index (χ4v) is 5.95. The largest absolute Gasteiger partial charge is 0.508 e. The second-order valence-corrected chi connectivity index (χ2v) is 7.84. The van der Waals surface area contributed by atoms with E-state index in [1.807, 2.05) is 12.1 Å². The maximum absolute atomic E-state index is 9.86. The van der Waals surface area contributed by atoms with Gasteiger partial charge in [0.15, 0.2) is 0 Å². The van der Waals surface area contributed by atoms with Gasteiger partial charge in [-0.25, -0.2) is 0 Å². The summed E-state index contributed by atoms with van der Waals surface area (Å²) in [4.78, 5) is 0. The first-order valence-corrected chi connectivity index (χ1v) is 8.41. The lowest BCUT2D eigenvalue weighted by molar-refractivity contribution is 0.0596. The first-order valence-electron chi connectivity index (χ1n) is 8.41. The van der Waals surface area contributed by atoms with Crippen molar-refractivity contribution in [2.75, 3.05) is 0 Å². The van der Waals surface area contributed by atoms with Crippen LogP contribution in [0.3, 0.4) is 0 Å². The highest BCUT2D eigenvalue weighted by molar-refractivity contribution is 5.45. The Bertz CT molecular complexity index is 547. The van der Waals surface area contributed by atoms with Crippen LogP contribution < -0.4 is 0 Å². The third-order valence-electron chi connectivity index (χ3n) is 6.79. The second kappa shape index (κ2) is 4.26. The summed E-state index contributed by atoms with van der Waals surface area (Å²) in [5.41, 5.74) is 5.01. The quantitative estimate of drug-likeness (QED) is 0.707. The summed E-state index contributed by atoms with van der Waals surface area (Å²) in [6.07, 6.45) is 9.69. The van der Waals surface area contributed by atoms with E-state index in [9.17, 15) is 5.11 Å². The molecular weight excluding hydrogens is 244 g/mol. The van der Waals surface area contributed by atoms with Crippen molar-refractivity contribution >= 4 is 0 Å². The van der Waals surface area contributed by atoms with Gasteiger partial charge in [-0.15, -0.1) is 0 Å². The number of fused-ring (bicyclic) bond motifs is 5. The highest BCUT2D eigenvalue weighted by Gasteiger charge is 2.50. The summed E-state index contributed by atoms with van der Waals surface area (Å²) in [5.74, 6) is 3.10. The lowest BCUT2D eigenvalue weighted by Crippen LogP contribution is -2.39. The van der Waals surface area contributed by atoms with Gasteiger partial charge in [0.05, 0.1) is 0 Å². The number of aryl methyl sites for hydroxylation is 2. The molecule has 0 amide bonds. The molecule has 20 heavy (non-hydrogen) atoms. The van der Waals surface area contributed by atoms with Crippen LogP contribution in [-0.4, -0.2) is 5.11 Å². The van der Waals surface area contributed by atoms with Crippen molar-refractivity contribution in [2.45, 2.75) is 64.7 Å². The van der Waals surface area contributed by atoms with Gasteiger partial charge < -0.3 is 5.11 Å². The SMILES string of the molecule is Cc1cc(O)cc2c1[C@H]1CC[C@]3(C)CCC[C@H]3[C@@H]1CC2. The van der Waals surface area contributed by atoms with Gasteiger partial charge in [0.1, 0.15) is 5.75 Å². The monoisotopic (exact) mass is 270 g/mol. The molecule has 4 rings (SSSR count). The number of rotatable bonds is 0. The van der Waals surface area contributed by atoms with E-state index in [4.69, 9.17) is 0 Å². The highest BCUT2D eigenvalue weighted by Crippen LogP contribution is 2.61. The van der Waals surface area contributed by atoms with Crippen LogP contribution in [0, 0.1) is 24.2 Å². The first kappa shape index (κ1) is 12.7. The Balaban J connectivity index is 1.76. The van der Waals surface area contributed by atoms with Crippen LogP contribution in [-0.2, 0) is 6.42 Å². The summed E-state index contributed by atoms with van der Waals surface area (Å²) in [5, 5.41) is 9.86. The summed E-state index contributed by atoms with van der Waals surface area (Å²) in [6, 6.07) is 4.00. The molecule has 0 unspecified atom stereocenters. The molecule has 108 valence electrons. The Kier molecular flexibility index (Phi) is 2.71. The minimum Gasteiger partial charge on any atom is -0.508 e. The molecule has 0 radical (unpaired) electrons. The third kappa shape index (κ3) is 1.68. The third-order valence-corrected chi connectivity index (χ3v) is 6.79. The Hall–Kier alpha value is -0.980. The van der Waals surface area contributed by atoms with Gasteiger partial charge in [0.25, 0.3) is 0 Å². The highest BCUT2D eigenvalue weighted by atomic mass is 16.3. The maximum Gasteiger partial charge on any atom is 0.116 e. The molecule has 1 N–H and O–H groups in total. The molecule has 4 atom stereocenters. The number of hydrogen-bond acceptors (Lipinski definition) is 1.